The van der Waals surface area contributed by atoms with Crippen LogP contribution in [0.5, 0.6) is 0 Å². The van der Waals surface area contributed by atoms with Gasteiger partial charge in [0.15, 0.2) is 0 Å². The van der Waals surface area contributed by atoms with Gasteiger partial charge in [-0.05, 0) is 37.5 Å². The lowest BCUT2D eigenvalue weighted by Gasteiger charge is -2.11. The van der Waals surface area contributed by atoms with Crippen LogP contribution in [-0.2, 0) is 10.0 Å². The third-order valence-electron chi connectivity index (χ3n) is 2.92. The smallest absolute Gasteiger partial charge is 0.211 e. The van der Waals surface area contributed by atoms with Gasteiger partial charge < -0.3 is 5.73 Å². The number of hydrogen-bond acceptors (Lipinski definition) is 3. The van der Waals surface area contributed by atoms with E-state index in [1.807, 2.05) is 0 Å². The number of nitrogens with two attached hydrogens (primary N) is 1. The van der Waals surface area contributed by atoms with Gasteiger partial charge in [-0.3, -0.25) is 0 Å². The summed E-state index contributed by atoms with van der Waals surface area (Å²) in [4.78, 5) is 0. The van der Waals surface area contributed by atoms with Crippen LogP contribution in [0.1, 0.15) is 25.7 Å². The molecule has 1 unspecified atom stereocenters. The van der Waals surface area contributed by atoms with Crippen LogP contribution in [0.25, 0.3) is 0 Å². The molecule has 0 heterocycles. The summed E-state index contributed by atoms with van der Waals surface area (Å²) >= 11 is 0. The summed E-state index contributed by atoms with van der Waals surface area (Å²) in [5.74, 6) is 1.26. The Bertz CT molecular complexity index is 299. The predicted octanol–water partition coefficient (Wildman–Crippen LogP) is 0.475. The highest BCUT2D eigenvalue weighted by Crippen LogP contribution is 2.32. The molecule has 0 aliphatic heterocycles. The molecule has 0 aromatic carbocycles. The first-order valence-corrected chi connectivity index (χ1v) is 6.95. The van der Waals surface area contributed by atoms with Crippen molar-refractivity contribution in [3.63, 3.8) is 0 Å². The molecule has 6 heteroatoms. The molecular formula is C9H19ClN2O2S. The normalized spacial score (nSPS) is 23.3. The van der Waals surface area contributed by atoms with Gasteiger partial charge in [-0.25, -0.2) is 13.1 Å². The Morgan fingerprint density at radius 3 is 2.33 bits per heavy atom. The maximum absolute atomic E-state index is 11.5. The van der Waals surface area contributed by atoms with Gasteiger partial charge in [0.2, 0.25) is 10.0 Å². The van der Waals surface area contributed by atoms with E-state index in [-0.39, 0.29) is 18.4 Å². The van der Waals surface area contributed by atoms with E-state index in [0.29, 0.717) is 24.1 Å². The molecule has 0 amide bonds. The Morgan fingerprint density at radius 1 is 1.27 bits per heavy atom. The van der Waals surface area contributed by atoms with E-state index in [2.05, 4.69) is 4.72 Å². The monoisotopic (exact) mass is 254 g/mol. The summed E-state index contributed by atoms with van der Waals surface area (Å²) < 4.78 is 25.5. The molecule has 0 saturated heterocycles. The van der Waals surface area contributed by atoms with Crippen LogP contribution in [0.4, 0.5) is 0 Å². The van der Waals surface area contributed by atoms with Crippen molar-refractivity contribution in [1.29, 1.82) is 0 Å². The molecule has 2 aliphatic carbocycles. The van der Waals surface area contributed by atoms with Crippen molar-refractivity contribution in [3.05, 3.63) is 0 Å². The first-order valence-electron chi connectivity index (χ1n) is 5.30. The van der Waals surface area contributed by atoms with Crippen LogP contribution in [0.2, 0.25) is 0 Å². The molecule has 0 aromatic rings. The maximum atomic E-state index is 11.5. The van der Waals surface area contributed by atoms with Crippen molar-refractivity contribution in [1.82, 2.24) is 4.72 Å². The van der Waals surface area contributed by atoms with Gasteiger partial charge in [-0.2, -0.15) is 0 Å². The summed E-state index contributed by atoms with van der Waals surface area (Å²) in [5.41, 5.74) is 5.81. The topological polar surface area (TPSA) is 72.2 Å². The van der Waals surface area contributed by atoms with Crippen molar-refractivity contribution < 1.29 is 8.42 Å². The summed E-state index contributed by atoms with van der Waals surface area (Å²) in [7, 11) is -3.05. The average Bonchev–Trinajstić information content (AvgIpc) is 2.91. The second-order valence-electron chi connectivity index (χ2n) is 4.57. The van der Waals surface area contributed by atoms with Crippen molar-refractivity contribution in [2.24, 2.45) is 17.6 Å². The van der Waals surface area contributed by atoms with Gasteiger partial charge in [0.25, 0.3) is 0 Å². The van der Waals surface area contributed by atoms with Gasteiger partial charge in [0.1, 0.15) is 0 Å². The van der Waals surface area contributed by atoms with Crippen LogP contribution in [-0.4, -0.2) is 26.8 Å². The van der Waals surface area contributed by atoms with E-state index in [4.69, 9.17) is 5.73 Å². The minimum absolute atomic E-state index is 0. The summed E-state index contributed by atoms with van der Waals surface area (Å²) in [6.07, 6.45) is 4.45. The fraction of sp³-hybridized carbons (Fsp3) is 1.00. The molecule has 2 rings (SSSR count). The summed E-state index contributed by atoms with van der Waals surface area (Å²) in [5, 5.41) is 0. The first kappa shape index (κ1) is 13.2. The standard InChI is InChI=1S/C9H18N2O2S.ClH/c10-9(8-3-4-8)5-11-14(12,13)6-7-1-2-7;/h7-9,11H,1-6,10H2;1H. The van der Waals surface area contributed by atoms with E-state index >= 15 is 0 Å². The lowest BCUT2D eigenvalue weighted by atomic mass is 10.2. The molecule has 90 valence electrons. The molecule has 3 N–H and O–H groups in total. The maximum Gasteiger partial charge on any atom is 0.211 e. The molecule has 2 fully saturated rings. The van der Waals surface area contributed by atoms with Crippen LogP contribution in [0.3, 0.4) is 0 Å². The van der Waals surface area contributed by atoms with Gasteiger partial charge in [0.05, 0.1) is 5.75 Å². The Kier molecular flexibility index (Phi) is 4.40. The zero-order chi connectivity index (χ0) is 10.2. The summed E-state index contributed by atoms with van der Waals surface area (Å²) in [6, 6.07) is 0.0176. The highest BCUT2D eigenvalue weighted by Gasteiger charge is 2.31. The van der Waals surface area contributed by atoms with Gasteiger partial charge in [0, 0.05) is 12.6 Å². The molecule has 1 atom stereocenters. The number of rotatable bonds is 6. The molecule has 0 aromatic heterocycles. The van der Waals surface area contributed by atoms with E-state index in [1.165, 1.54) is 0 Å². The molecule has 2 aliphatic rings. The van der Waals surface area contributed by atoms with Crippen molar-refractivity contribution in [2.75, 3.05) is 12.3 Å². The lowest BCUT2D eigenvalue weighted by molar-refractivity contribution is 0.545. The molecule has 2 saturated carbocycles. The Morgan fingerprint density at radius 2 is 1.87 bits per heavy atom. The van der Waals surface area contributed by atoms with Crippen LogP contribution in [0, 0.1) is 11.8 Å². The van der Waals surface area contributed by atoms with Crippen LogP contribution >= 0.6 is 12.4 Å². The number of nitrogens with one attached hydrogen (secondary N) is 1. The summed E-state index contributed by atoms with van der Waals surface area (Å²) in [6.45, 7) is 0.416. The highest BCUT2D eigenvalue weighted by atomic mass is 35.5. The SMILES string of the molecule is Cl.NC(CNS(=O)(=O)CC1CC1)C1CC1. The predicted molar refractivity (Wildman–Crippen MR) is 62.5 cm³/mol. The van der Waals surface area contributed by atoms with E-state index in [0.717, 1.165) is 25.7 Å². The Balaban J connectivity index is 0.00000112. The fourth-order valence-corrected chi connectivity index (χ4v) is 3.09. The quantitative estimate of drug-likeness (QED) is 0.724. The largest absolute Gasteiger partial charge is 0.326 e. The minimum atomic E-state index is -3.05. The minimum Gasteiger partial charge on any atom is -0.326 e. The van der Waals surface area contributed by atoms with Crippen molar-refractivity contribution >= 4 is 22.4 Å². The Hall–Kier alpha value is 0.160. The first-order chi connectivity index (χ1) is 6.57. The third kappa shape index (κ3) is 4.68. The van der Waals surface area contributed by atoms with E-state index in [1.54, 1.807) is 0 Å². The molecule has 0 radical (unpaired) electrons. The van der Waals surface area contributed by atoms with E-state index in [9.17, 15) is 8.42 Å². The Labute approximate surface area is 97.5 Å². The molecular weight excluding hydrogens is 236 g/mol. The fourth-order valence-electron chi connectivity index (χ4n) is 1.57. The molecule has 0 spiro atoms. The van der Waals surface area contributed by atoms with Gasteiger partial charge in [-0.15, -0.1) is 12.4 Å². The zero-order valence-corrected chi connectivity index (χ0v) is 10.3. The number of halogens is 1. The van der Waals surface area contributed by atoms with E-state index < -0.39 is 10.0 Å². The van der Waals surface area contributed by atoms with Crippen LogP contribution < -0.4 is 10.5 Å². The highest BCUT2D eigenvalue weighted by molar-refractivity contribution is 7.89. The van der Waals surface area contributed by atoms with Crippen LogP contribution in [0.15, 0.2) is 0 Å². The second kappa shape index (κ2) is 4.99. The lowest BCUT2D eigenvalue weighted by Crippen LogP contribution is -2.39. The van der Waals surface area contributed by atoms with Gasteiger partial charge in [-0.1, -0.05) is 0 Å². The zero-order valence-electron chi connectivity index (χ0n) is 8.69. The molecule has 4 nitrogen and oxygen atoms in total. The second-order valence-corrected chi connectivity index (χ2v) is 6.43. The van der Waals surface area contributed by atoms with Crippen molar-refractivity contribution in [3.8, 4) is 0 Å². The van der Waals surface area contributed by atoms with Crippen molar-refractivity contribution in [2.45, 2.75) is 31.7 Å². The average molecular weight is 255 g/mol. The molecule has 15 heavy (non-hydrogen) atoms. The number of sulfonamides is 1. The molecule has 0 bridgehead atoms. The van der Waals surface area contributed by atoms with Gasteiger partial charge >= 0.3 is 0 Å². The number of hydrogen-bond donors (Lipinski definition) is 2. The third-order valence-corrected chi connectivity index (χ3v) is 4.44.